The van der Waals surface area contributed by atoms with Gasteiger partial charge in [0.2, 0.25) is 0 Å². The lowest BCUT2D eigenvalue weighted by Crippen LogP contribution is -2.33. The van der Waals surface area contributed by atoms with Gasteiger partial charge in [0.25, 0.3) is 0 Å². The van der Waals surface area contributed by atoms with E-state index in [1.807, 2.05) is 18.2 Å². The summed E-state index contributed by atoms with van der Waals surface area (Å²) in [5, 5.41) is 2.57. The molecule has 7 aromatic carbocycles. The van der Waals surface area contributed by atoms with Crippen LogP contribution in [0.15, 0.2) is 182 Å². The van der Waals surface area contributed by atoms with Crippen LogP contribution in [0, 0.1) is 5.92 Å². The number of rotatable bonds is 4. The number of aromatic nitrogens is 4. The first-order valence-corrected chi connectivity index (χ1v) is 19.8. The van der Waals surface area contributed by atoms with Crippen LogP contribution in [0.25, 0.3) is 78.1 Å². The van der Waals surface area contributed by atoms with E-state index >= 15 is 0 Å². The number of hydrogen-bond donors (Lipinski definition) is 0. The van der Waals surface area contributed by atoms with E-state index in [-0.39, 0.29) is 0 Å². The standard InChI is InChI=1S/C53H36N4/c1-33-22-24-36(25-23-33)51-54-50(35-12-3-2-4-13-35)55-52(56-51)37-28-26-34(27-29-37)38-30-31-40-39-14-5-7-17-43(39)53(46(40)32-38)44-18-8-10-21-48(44)57-47-20-9-6-15-41(47)42-16-11-19-45(53)49(42)57/h2-22,24-33H,23H2,1H3. The average Bonchev–Trinajstić information content (AvgIpc) is 3.77. The molecule has 1 spiro atoms. The second kappa shape index (κ2) is 12.2. The largest absolute Gasteiger partial charge is 0.309 e. The molecular formula is C53H36N4. The van der Waals surface area contributed by atoms with Gasteiger partial charge in [-0.05, 0) is 75.0 Å². The molecule has 3 aliphatic rings. The van der Waals surface area contributed by atoms with E-state index in [4.69, 9.17) is 15.0 Å². The number of benzene rings is 7. The van der Waals surface area contributed by atoms with E-state index in [0.717, 1.165) is 28.7 Å². The van der Waals surface area contributed by atoms with Crippen molar-refractivity contribution >= 4 is 27.4 Å². The van der Waals surface area contributed by atoms with Crippen molar-refractivity contribution in [2.45, 2.75) is 18.8 Å². The maximum Gasteiger partial charge on any atom is 0.164 e. The van der Waals surface area contributed by atoms with Crippen LogP contribution in [0.4, 0.5) is 0 Å². The quantitative estimate of drug-likeness (QED) is 0.181. The summed E-state index contributed by atoms with van der Waals surface area (Å²) in [6.45, 7) is 2.23. The van der Waals surface area contributed by atoms with Gasteiger partial charge in [-0.3, -0.25) is 0 Å². The molecule has 0 saturated heterocycles. The summed E-state index contributed by atoms with van der Waals surface area (Å²) in [4.78, 5) is 15.0. The highest BCUT2D eigenvalue weighted by Gasteiger charge is 2.50. The van der Waals surface area contributed by atoms with E-state index in [9.17, 15) is 0 Å². The number of allylic oxidation sites excluding steroid dienone is 4. The molecule has 57 heavy (non-hydrogen) atoms. The molecule has 0 N–H and O–H groups in total. The molecule has 9 aromatic rings. The highest BCUT2D eigenvalue weighted by atomic mass is 15.0. The monoisotopic (exact) mass is 728 g/mol. The van der Waals surface area contributed by atoms with E-state index in [1.54, 1.807) is 0 Å². The molecule has 12 rings (SSSR count). The topological polar surface area (TPSA) is 43.6 Å². The van der Waals surface area contributed by atoms with Crippen molar-refractivity contribution < 1.29 is 0 Å². The van der Waals surface area contributed by atoms with E-state index in [0.29, 0.717) is 23.4 Å². The van der Waals surface area contributed by atoms with Gasteiger partial charge in [-0.15, -0.1) is 0 Å². The van der Waals surface area contributed by atoms with Gasteiger partial charge in [0, 0.05) is 27.5 Å². The van der Waals surface area contributed by atoms with Gasteiger partial charge >= 0.3 is 0 Å². The third-order valence-corrected chi connectivity index (χ3v) is 12.4. The zero-order valence-electron chi connectivity index (χ0n) is 31.4. The zero-order valence-corrected chi connectivity index (χ0v) is 31.4. The van der Waals surface area contributed by atoms with Gasteiger partial charge in [0.1, 0.15) is 0 Å². The SMILES string of the molecule is CC1C=CC(c2nc(-c3ccccc3)nc(-c3ccc(-c4ccc5c(c4)C4(c6ccccc6-5)c5ccccc5-n5c6ccccc6c6cccc4c65)cc3)n2)=CC1. The molecule has 2 unspecified atom stereocenters. The van der Waals surface area contributed by atoms with Crippen molar-refractivity contribution in [1.29, 1.82) is 0 Å². The Labute approximate surface area is 331 Å². The minimum atomic E-state index is -0.489. The minimum Gasteiger partial charge on any atom is -0.309 e. The Kier molecular flexibility index (Phi) is 6.85. The molecule has 1 aliphatic heterocycles. The Morgan fingerprint density at radius 1 is 0.509 bits per heavy atom. The van der Waals surface area contributed by atoms with Crippen LogP contribution in [0.5, 0.6) is 0 Å². The van der Waals surface area contributed by atoms with Crippen molar-refractivity contribution in [3.63, 3.8) is 0 Å². The second-order valence-electron chi connectivity index (χ2n) is 15.6. The molecule has 0 saturated carbocycles. The van der Waals surface area contributed by atoms with E-state index in [1.165, 1.54) is 66.4 Å². The van der Waals surface area contributed by atoms with Gasteiger partial charge in [-0.1, -0.05) is 171 Å². The molecule has 0 amide bonds. The lowest BCUT2D eigenvalue weighted by molar-refractivity contribution is 0.738. The number of para-hydroxylation sites is 3. The van der Waals surface area contributed by atoms with Crippen molar-refractivity contribution in [3.8, 4) is 50.7 Å². The predicted octanol–water partition coefficient (Wildman–Crippen LogP) is 12.6. The highest BCUT2D eigenvalue weighted by molar-refractivity contribution is 6.12. The number of nitrogens with zero attached hydrogens (tertiary/aromatic N) is 4. The Balaban J connectivity index is 1.03. The third kappa shape index (κ3) is 4.58. The van der Waals surface area contributed by atoms with Gasteiger partial charge in [-0.2, -0.15) is 0 Å². The number of hydrogen-bond acceptors (Lipinski definition) is 3. The molecule has 2 atom stereocenters. The van der Waals surface area contributed by atoms with Crippen LogP contribution >= 0.6 is 0 Å². The van der Waals surface area contributed by atoms with Crippen LogP contribution in [-0.2, 0) is 5.41 Å². The normalized spacial score (nSPS) is 17.4. The second-order valence-corrected chi connectivity index (χ2v) is 15.6. The van der Waals surface area contributed by atoms with E-state index < -0.39 is 5.41 Å². The first-order chi connectivity index (χ1) is 28.2. The lowest BCUT2D eigenvalue weighted by atomic mass is 9.65. The fraction of sp³-hybridized carbons (Fsp3) is 0.0755. The zero-order chi connectivity index (χ0) is 37.7. The smallest absolute Gasteiger partial charge is 0.164 e. The molecule has 2 aliphatic carbocycles. The van der Waals surface area contributed by atoms with Crippen molar-refractivity contribution in [2.75, 3.05) is 0 Å². The summed E-state index contributed by atoms with van der Waals surface area (Å²) in [5.74, 6) is 2.56. The minimum absolute atomic E-state index is 0.489. The number of fused-ring (bicyclic) bond motifs is 12. The summed E-state index contributed by atoms with van der Waals surface area (Å²) in [6.07, 6.45) is 7.60. The lowest BCUT2D eigenvalue weighted by Gasteiger charge is -2.39. The molecular weight excluding hydrogens is 693 g/mol. The first-order valence-electron chi connectivity index (χ1n) is 19.8. The fourth-order valence-electron chi connectivity index (χ4n) is 9.80. The van der Waals surface area contributed by atoms with Gasteiger partial charge in [-0.25, -0.2) is 15.0 Å². The third-order valence-electron chi connectivity index (χ3n) is 12.4. The summed E-state index contributed by atoms with van der Waals surface area (Å²) in [7, 11) is 0. The molecule has 4 nitrogen and oxygen atoms in total. The van der Waals surface area contributed by atoms with E-state index in [2.05, 4.69) is 175 Å². The van der Waals surface area contributed by atoms with Crippen molar-refractivity contribution in [1.82, 2.24) is 19.5 Å². The van der Waals surface area contributed by atoms with Gasteiger partial charge in [0.15, 0.2) is 17.5 Å². The molecule has 0 bridgehead atoms. The fourth-order valence-corrected chi connectivity index (χ4v) is 9.80. The summed E-state index contributed by atoms with van der Waals surface area (Å²) >= 11 is 0. The van der Waals surface area contributed by atoms with Gasteiger partial charge in [0.05, 0.1) is 22.1 Å². The first kappa shape index (κ1) is 32.1. The Hall–Kier alpha value is -7.17. The van der Waals surface area contributed by atoms with Crippen LogP contribution in [0.3, 0.4) is 0 Å². The van der Waals surface area contributed by atoms with Gasteiger partial charge < -0.3 is 4.57 Å². The van der Waals surface area contributed by atoms with Crippen LogP contribution in [0.1, 0.15) is 41.4 Å². The Bertz CT molecular complexity index is 3170. The molecule has 0 radical (unpaired) electrons. The summed E-state index contributed by atoms with van der Waals surface area (Å²) in [6, 6.07) is 59.9. The molecule has 268 valence electrons. The molecule has 3 heterocycles. The highest BCUT2D eigenvalue weighted by Crippen LogP contribution is 2.61. The molecule has 0 fully saturated rings. The van der Waals surface area contributed by atoms with Crippen molar-refractivity contribution in [3.05, 3.63) is 210 Å². The average molecular weight is 729 g/mol. The Morgan fingerprint density at radius 2 is 1.14 bits per heavy atom. The Morgan fingerprint density at radius 3 is 1.96 bits per heavy atom. The summed E-state index contributed by atoms with van der Waals surface area (Å²) < 4.78 is 2.50. The predicted molar refractivity (Wildman–Crippen MR) is 232 cm³/mol. The molecule has 2 aromatic heterocycles. The summed E-state index contributed by atoms with van der Waals surface area (Å²) in [5.41, 5.74) is 16.4. The molecule has 4 heteroatoms. The maximum atomic E-state index is 5.04. The van der Waals surface area contributed by atoms with Crippen LogP contribution in [-0.4, -0.2) is 19.5 Å². The maximum absolute atomic E-state index is 5.04. The van der Waals surface area contributed by atoms with Crippen LogP contribution < -0.4 is 0 Å². The van der Waals surface area contributed by atoms with Crippen molar-refractivity contribution in [2.24, 2.45) is 5.92 Å². The van der Waals surface area contributed by atoms with Crippen LogP contribution in [0.2, 0.25) is 0 Å².